The molecule has 128 valence electrons. The Morgan fingerprint density at radius 3 is 2.44 bits per heavy atom. The Morgan fingerprint density at radius 2 is 1.80 bits per heavy atom. The third-order valence-electron chi connectivity index (χ3n) is 3.49. The monoisotopic (exact) mass is 346 g/mol. The van der Waals surface area contributed by atoms with Crippen molar-refractivity contribution in [3.8, 4) is 5.69 Å². The SMILES string of the molecule is O=C(Cc1ccc(C(F)(F)F)cc1)Nc1ccccc1-n1cncn1. The zero-order chi connectivity index (χ0) is 17.9. The van der Waals surface area contributed by atoms with Crippen LogP contribution in [0.5, 0.6) is 0 Å². The Morgan fingerprint density at radius 1 is 1.08 bits per heavy atom. The van der Waals surface area contributed by atoms with E-state index in [1.54, 1.807) is 24.3 Å². The second-order valence-corrected chi connectivity index (χ2v) is 5.28. The molecular formula is C17H13F3N4O. The highest BCUT2D eigenvalue weighted by Crippen LogP contribution is 2.29. The topological polar surface area (TPSA) is 59.8 Å². The van der Waals surface area contributed by atoms with Gasteiger partial charge in [-0.15, -0.1) is 0 Å². The lowest BCUT2D eigenvalue weighted by molar-refractivity contribution is -0.137. The van der Waals surface area contributed by atoms with E-state index in [-0.39, 0.29) is 12.3 Å². The van der Waals surface area contributed by atoms with Crippen molar-refractivity contribution in [2.45, 2.75) is 12.6 Å². The van der Waals surface area contributed by atoms with Crippen molar-refractivity contribution in [3.05, 3.63) is 72.3 Å². The maximum Gasteiger partial charge on any atom is 0.416 e. The Labute approximate surface area is 141 Å². The third kappa shape index (κ3) is 4.03. The van der Waals surface area contributed by atoms with Crippen LogP contribution in [-0.4, -0.2) is 20.7 Å². The predicted octanol–water partition coefficient (Wildman–Crippen LogP) is 3.47. The number of amides is 1. The van der Waals surface area contributed by atoms with Gasteiger partial charge in [0.05, 0.1) is 23.4 Å². The van der Waals surface area contributed by atoms with E-state index >= 15 is 0 Å². The lowest BCUT2D eigenvalue weighted by atomic mass is 10.1. The van der Waals surface area contributed by atoms with Crippen LogP contribution in [0.4, 0.5) is 18.9 Å². The number of hydrogen-bond donors (Lipinski definition) is 1. The second-order valence-electron chi connectivity index (χ2n) is 5.28. The summed E-state index contributed by atoms with van der Waals surface area (Å²) < 4.78 is 39.2. The van der Waals surface area contributed by atoms with Gasteiger partial charge >= 0.3 is 6.18 Å². The van der Waals surface area contributed by atoms with Crippen LogP contribution in [0.3, 0.4) is 0 Å². The number of rotatable bonds is 4. The van der Waals surface area contributed by atoms with E-state index in [2.05, 4.69) is 15.4 Å². The van der Waals surface area contributed by atoms with Crippen molar-refractivity contribution in [3.63, 3.8) is 0 Å². The van der Waals surface area contributed by atoms with Gasteiger partial charge in [0.2, 0.25) is 5.91 Å². The summed E-state index contributed by atoms with van der Waals surface area (Å²) in [4.78, 5) is 16.1. The molecule has 25 heavy (non-hydrogen) atoms. The van der Waals surface area contributed by atoms with Gasteiger partial charge in [-0.3, -0.25) is 4.79 Å². The molecule has 3 aromatic rings. The van der Waals surface area contributed by atoms with Crippen molar-refractivity contribution >= 4 is 11.6 Å². The smallest absolute Gasteiger partial charge is 0.324 e. The van der Waals surface area contributed by atoms with Gasteiger partial charge < -0.3 is 5.32 Å². The molecule has 5 nitrogen and oxygen atoms in total. The lowest BCUT2D eigenvalue weighted by Gasteiger charge is -2.11. The van der Waals surface area contributed by atoms with Crippen LogP contribution in [0, 0.1) is 0 Å². The first-order valence-corrected chi connectivity index (χ1v) is 7.33. The number of hydrogen-bond acceptors (Lipinski definition) is 3. The molecule has 8 heteroatoms. The summed E-state index contributed by atoms with van der Waals surface area (Å²) in [6.07, 6.45) is -1.55. The van der Waals surface area contributed by atoms with Crippen LogP contribution >= 0.6 is 0 Å². The van der Waals surface area contributed by atoms with Gasteiger partial charge in [-0.1, -0.05) is 24.3 Å². The fourth-order valence-electron chi connectivity index (χ4n) is 2.30. The summed E-state index contributed by atoms with van der Waals surface area (Å²) in [6, 6.07) is 11.6. The average Bonchev–Trinajstić information content (AvgIpc) is 3.09. The van der Waals surface area contributed by atoms with Gasteiger partial charge in [-0.05, 0) is 29.8 Å². The summed E-state index contributed by atoms with van der Waals surface area (Å²) in [5.74, 6) is -0.340. The molecule has 0 unspecified atom stereocenters. The Bertz CT molecular complexity index is 858. The van der Waals surface area contributed by atoms with E-state index < -0.39 is 11.7 Å². The summed E-state index contributed by atoms with van der Waals surface area (Å²) >= 11 is 0. The third-order valence-corrected chi connectivity index (χ3v) is 3.49. The van der Waals surface area contributed by atoms with Crippen molar-refractivity contribution < 1.29 is 18.0 Å². The number of nitrogens with zero attached hydrogens (tertiary/aromatic N) is 3. The summed E-state index contributed by atoms with van der Waals surface area (Å²) in [5, 5.41) is 6.76. The summed E-state index contributed by atoms with van der Waals surface area (Å²) in [6.45, 7) is 0. The van der Waals surface area contributed by atoms with Crippen molar-refractivity contribution in [2.75, 3.05) is 5.32 Å². The quantitative estimate of drug-likeness (QED) is 0.787. The van der Waals surface area contributed by atoms with Gasteiger partial charge in [-0.2, -0.15) is 18.3 Å². The Kier molecular flexibility index (Phi) is 4.51. The molecule has 1 N–H and O–H groups in total. The minimum atomic E-state index is -4.39. The first kappa shape index (κ1) is 16.7. The van der Waals surface area contributed by atoms with Crippen molar-refractivity contribution in [2.24, 2.45) is 0 Å². The molecule has 0 aliphatic carbocycles. The van der Waals surface area contributed by atoms with E-state index in [1.807, 2.05) is 0 Å². The zero-order valence-electron chi connectivity index (χ0n) is 12.9. The molecule has 0 radical (unpaired) electrons. The Hall–Kier alpha value is -3.16. The maximum atomic E-state index is 12.6. The van der Waals surface area contributed by atoms with E-state index in [1.165, 1.54) is 29.5 Å². The normalized spacial score (nSPS) is 11.3. The van der Waals surface area contributed by atoms with Gasteiger partial charge in [0.15, 0.2) is 0 Å². The number of para-hydroxylation sites is 2. The fraction of sp³-hybridized carbons (Fsp3) is 0.118. The molecule has 3 rings (SSSR count). The highest BCUT2D eigenvalue weighted by atomic mass is 19.4. The first-order chi connectivity index (χ1) is 11.9. The van der Waals surface area contributed by atoms with Crippen molar-refractivity contribution in [1.82, 2.24) is 14.8 Å². The fourth-order valence-corrected chi connectivity index (χ4v) is 2.30. The van der Waals surface area contributed by atoms with Crippen LogP contribution in [0.2, 0.25) is 0 Å². The number of halogens is 3. The first-order valence-electron chi connectivity index (χ1n) is 7.33. The summed E-state index contributed by atoms with van der Waals surface area (Å²) in [5.41, 5.74) is 0.919. The average molecular weight is 346 g/mol. The lowest BCUT2D eigenvalue weighted by Crippen LogP contribution is -2.16. The number of nitrogens with one attached hydrogen (secondary N) is 1. The zero-order valence-corrected chi connectivity index (χ0v) is 12.9. The number of benzene rings is 2. The van der Waals surface area contributed by atoms with Crippen molar-refractivity contribution in [1.29, 1.82) is 0 Å². The van der Waals surface area contributed by atoms with E-state index in [0.717, 1.165) is 12.1 Å². The highest BCUT2D eigenvalue weighted by Gasteiger charge is 2.29. The molecule has 0 aliphatic heterocycles. The molecule has 0 spiro atoms. The number of alkyl halides is 3. The van der Waals surface area contributed by atoms with E-state index in [4.69, 9.17) is 0 Å². The summed E-state index contributed by atoms with van der Waals surface area (Å²) in [7, 11) is 0. The molecule has 0 saturated carbocycles. The molecule has 0 fully saturated rings. The van der Waals surface area contributed by atoms with E-state index in [0.29, 0.717) is 16.9 Å². The maximum absolute atomic E-state index is 12.6. The molecule has 1 heterocycles. The second kappa shape index (κ2) is 6.76. The molecule has 0 aliphatic rings. The van der Waals surface area contributed by atoms with Crippen LogP contribution in [0.1, 0.15) is 11.1 Å². The standard InChI is InChI=1S/C17H13F3N4O/c18-17(19,20)13-7-5-12(6-8-13)9-16(25)23-14-3-1-2-4-15(14)24-11-21-10-22-24/h1-8,10-11H,9H2,(H,23,25). The largest absolute Gasteiger partial charge is 0.416 e. The molecule has 1 amide bonds. The number of carbonyl (C=O) groups is 1. The van der Waals surface area contributed by atoms with Gasteiger partial charge in [-0.25, -0.2) is 9.67 Å². The van der Waals surface area contributed by atoms with Crippen LogP contribution < -0.4 is 5.32 Å². The number of anilines is 1. The highest BCUT2D eigenvalue weighted by molar-refractivity contribution is 5.94. The molecule has 2 aromatic carbocycles. The van der Waals surface area contributed by atoms with E-state index in [9.17, 15) is 18.0 Å². The van der Waals surface area contributed by atoms with Gasteiger partial charge in [0.1, 0.15) is 12.7 Å². The van der Waals surface area contributed by atoms with Crippen LogP contribution in [0.15, 0.2) is 61.2 Å². The molecule has 1 aromatic heterocycles. The molecule has 0 atom stereocenters. The number of aromatic nitrogens is 3. The predicted molar refractivity (Wildman–Crippen MR) is 85.1 cm³/mol. The van der Waals surface area contributed by atoms with Crippen LogP contribution in [-0.2, 0) is 17.4 Å². The molecule has 0 bridgehead atoms. The molecular weight excluding hydrogens is 333 g/mol. The minimum Gasteiger partial charge on any atom is -0.324 e. The van der Waals surface area contributed by atoms with Gasteiger partial charge in [0.25, 0.3) is 0 Å². The Balaban J connectivity index is 1.72. The van der Waals surface area contributed by atoms with Gasteiger partial charge in [0, 0.05) is 0 Å². The molecule has 0 saturated heterocycles. The van der Waals surface area contributed by atoms with Crippen LogP contribution in [0.25, 0.3) is 5.69 Å². The minimum absolute atomic E-state index is 0.0379. The number of carbonyl (C=O) groups excluding carboxylic acids is 1.